The molecule has 1 N–H and O–H groups in total. The monoisotopic (exact) mass is 198 g/mol. The third kappa shape index (κ3) is 8.05. The number of alkyl halides is 3. The second kappa shape index (κ2) is 6.21. The quantitative estimate of drug-likeness (QED) is 0.650. The van der Waals surface area contributed by atoms with Crippen molar-refractivity contribution in [2.45, 2.75) is 19.5 Å². The molecule has 0 aromatic rings. The van der Waals surface area contributed by atoms with E-state index in [1.54, 1.807) is 14.0 Å². The first-order valence-corrected chi connectivity index (χ1v) is 4.43. The zero-order valence-corrected chi connectivity index (χ0v) is 8.12. The number of halogens is 3. The Morgan fingerprint density at radius 1 is 1.31 bits per heavy atom. The van der Waals surface area contributed by atoms with Gasteiger partial charge in [0, 0.05) is 0 Å². The van der Waals surface area contributed by atoms with Gasteiger partial charge in [-0.3, -0.25) is 4.90 Å². The van der Waals surface area contributed by atoms with Gasteiger partial charge in [0.25, 0.3) is 0 Å². The van der Waals surface area contributed by atoms with Crippen molar-refractivity contribution in [3.05, 3.63) is 0 Å². The van der Waals surface area contributed by atoms with Crippen LogP contribution in [0.2, 0.25) is 0 Å². The predicted octanol–water partition coefficient (Wildman–Crippen LogP) is 1.48. The lowest BCUT2D eigenvalue weighted by Gasteiger charge is -2.21. The summed E-state index contributed by atoms with van der Waals surface area (Å²) >= 11 is 0. The van der Waals surface area contributed by atoms with Gasteiger partial charge in [-0.15, -0.1) is 0 Å². The highest BCUT2D eigenvalue weighted by atomic mass is 19.4. The zero-order chi connectivity index (χ0) is 10.3. The molecular weight excluding hydrogens is 181 g/mol. The molecule has 0 aliphatic carbocycles. The van der Waals surface area contributed by atoms with Crippen LogP contribution in [0.3, 0.4) is 0 Å². The second-order valence-electron chi connectivity index (χ2n) is 2.94. The topological polar surface area (TPSA) is 15.3 Å². The number of nitrogens with one attached hydrogen (secondary N) is 1. The highest BCUT2D eigenvalue weighted by Gasteiger charge is 2.29. The number of hydrogen-bond donors (Lipinski definition) is 1. The Bertz CT molecular complexity index is 125. The third-order valence-corrected chi connectivity index (χ3v) is 1.75. The van der Waals surface area contributed by atoms with Gasteiger partial charge in [-0.25, -0.2) is 0 Å². The Labute approximate surface area is 77.1 Å². The number of rotatable bonds is 6. The molecule has 0 spiro atoms. The van der Waals surface area contributed by atoms with Crippen LogP contribution in [-0.4, -0.2) is 44.3 Å². The van der Waals surface area contributed by atoms with Crippen molar-refractivity contribution in [2.24, 2.45) is 0 Å². The van der Waals surface area contributed by atoms with Crippen molar-refractivity contribution >= 4 is 0 Å². The van der Waals surface area contributed by atoms with Crippen molar-refractivity contribution in [1.29, 1.82) is 0 Å². The molecule has 0 amide bonds. The molecule has 0 aromatic heterocycles. The van der Waals surface area contributed by atoms with Gasteiger partial charge >= 0.3 is 6.18 Å². The molecule has 0 fully saturated rings. The minimum atomic E-state index is -4.07. The Balaban J connectivity index is 3.63. The summed E-state index contributed by atoms with van der Waals surface area (Å²) in [4.78, 5) is 1.40. The van der Waals surface area contributed by atoms with E-state index in [2.05, 4.69) is 5.32 Å². The molecule has 0 atom stereocenters. The molecule has 0 radical (unpaired) electrons. The van der Waals surface area contributed by atoms with Gasteiger partial charge in [-0.1, -0.05) is 6.92 Å². The molecule has 0 bridgehead atoms. The van der Waals surface area contributed by atoms with Gasteiger partial charge in [0.2, 0.25) is 0 Å². The molecule has 80 valence electrons. The molecule has 13 heavy (non-hydrogen) atoms. The first kappa shape index (κ1) is 12.7. The van der Waals surface area contributed by atoms with E-state index in [1.165, 1.54) is 4.90 Å². The van der Waals surface area contributed by atoms with Crippen LogP contribution in [0.5, 0.6) is 0 Å². The van der Waals surface area contributed by atoms with Gasteiger partial charge in [-0.05, 0) is 33.1 Å². The van der Waals surface area contributed by atoms with E-state index in [9.17, 15) is 13.2 Å². The van der Waals surface area contributed by atoms with E-state index in [-0.39, 0.29) is 0 Å². The van der Waals surface area contributed by atoms with Crippen LogP contribution >= 0.6 is 0 Å². The van der Waals surface area contributed by atoms with E-state index < -0.39 is 12.7 Å². The molecule has 0 saturated heterocycles. The fraction of sp³-hybridized carbons (Fsp3) is 1.00. The minimum Gasteiger partial charge on any atom is -0.320 e. The van der Waals surface area contributed by atoms with Crippen molar-refractivity contribution in [3.8, 4) is 0 Å². The lowest BCUT2D eigenvalue weighted by Crippen LogP contribution is -2.35. The normalized spacial score (nSPS) is 12.5. The third-order valence-electron chi connectivity index (χ3n) is 1.75. The molecule has 0 aromatic carbocycles. The molecule has 0 saturated carbocycles. The standard InChI is InChI=1S/C8H17F3N2/c1-3-13(6-4-5-12-2)7-8(9,10)11/h12H,3-7H2,1-2H3. The maximum absolute atomic E-state index is 11.9. The fourth-order valence-electron chi connectivity index (χ4n) is 1.08. The van der Waals surface area contributed by atoms with E-state index in [0.717, 1.165) is 13.0 Å². The molecule has 0 unspecified atom stereocenters. The summed E-state index contributed by atoms with van der Waals surface area (Å²) in [6, 6.07) is 0. The van der Waals surface area contributed by atoms with Crippen LogP contribution in [0.25, 0.3) is 0 Å². The Morgan fingerprint density at radius 2 is 1.92 bits per heavy atom. The van der Waals surface area contributed by atoms with Crippen molar-refractivity contribution in [1.82, 2.24) is 10.2 Å². The zero-order valence-electron chi connectivity index (χ0n) is 8.12. The van der Waals surface area contributed by atoms with E-state index in [4.69, 9.17) is 0 Å². The SMILES string of the molecule is CCN(CCCNC)CC(F)(F)F. The molecule has 0 rings (SSSR count). The Kier molecular flexibility index (Phi) is 6.07. The largest absolute Gasteiger partial charge is 0.401 e. The summed E-state index contributed by atoms with van der Waals surface area (Å²) < 4.78 is 35.8. The number of hydrogen-bond acceptors (Lipinski definition) is 2. The maximum Gasteiger partial charge on any atom is 0.401 e. The van der Waals surface area contributed by atoms with E-state index in [1.807, 2.05) is 0 Å². The first-order chi connectivity index (χ1) is 5.99. The van der Waals surface area contributed by atoms with E-state index in [0.29, 0.717) is 13.1 Å². The summed E-state index contributed by atoms with van der Waals surface area (Å²) in [5, 5.41) is 2.90. The van der Waals surface area contributed by atoms with Crippen LogP contribution in [0, 0.1) is 0 Å². The van der Waals surface area contributed by atoms with Gasteiger partial charge in [-0.2, -0.15) is 13.2 Å². The van der Waals surface area contributed by atoms with Gasteiger partial charge in [0.1, 0.15) is 0 Å². The van der Waals surface area contributed by atoms with Crippen molar-refractivity contribution < 1.29 is 13.2 Å². The fourth-order valence-corrected chi connectivity index (χ4v) is 1.08. The molecular formula is C8H17F3N2. The lowest BCUT2D eigenvalue weighted by molar-refractivity contribution is -0.145. The second-order valence-corrected chi connectivity index (χ2v) is 2.94. The van der Waals surface area contributed by atoms with Crippen molar-refractivity contribution in [2.75, 3.05) is 33.2 Å². The summed E-state index contributed by atoms with van der Waals surface area (Å²) in [6.45, 7) is 2.65. The Hall–Kier alpha value is -0.290. The van der Waals surface area contributed by atoms with Crippen LogP contribution in [0.1, 0.15) is 13.3 Å². The number of nitrogens with zero attached hydrogens (tertiary/aromatic N) is 1. The van der Waals surface area contributed by atoms with Gasteiger partial charge in [0.15, 0.2) is 0 Å². The molecule has 2 nitrogen and oxygen atoms in total. The molecule has 0 aliphatic heterocycles. The predicted molar refractivity (Wildman–Crippen MR) is 46.7 cm³/mol. The van der Waals surface area contributed by atoms with Gasteiger partial charge < -0.3 is 5.32 Å². The van der Waals surface area contributed by atoms with Crippen LogP contribution < -0.4 is 5.32 Å². The maximum atomic E-state index is 11.9. The minimum absolute atomic E-state index is 0.448. The smallest absolute Gasteiger partial charge is 0.320 e. The molecule has 0 aliphatic rings. The average molecular weight is 198 g/mol. The van der Waals surface area contributed by atoms with Crippen molar-refractivity contribution in [3.63, 3.8) is 0 Å². The lowest BCUT2D eigenvalue weighted by atomic mass is 10.3. The molecule has 5 heteroatoms. The van der Waals surface area contributed by atoms with Crippen LogP contribution in [-0.2, 0) is 0 Å². The average Bonchev–Trinajstić information content (AvgIpc) is 2.01. The summed E-state index contributed by atoms with van der Waals surface area (Å²) in [5.41, 5.74) is 0. The molecule has 0 heterocycles. The highest BCUT2D eigenvalue weighted by molar-refractivity contribution is 4.61. The highest BCUT2D eigenvalue weighted by Crippen LogP contribution is 2.16. The summed E-state index contributed by atoms with van der Waals surface area (Å²) in [6.07, 6.45) is -3.32. The van der Waals surface area contributed by atoms with Gasteiger partial charge in [0.05, 0.1) is 6.54 Å². The van der Waals surface area contributed by atoms with Crippen LogP contribution in [0.4, 0.5) is 13.2 Å². The summed E-state index contributed by atoms with van der Waals surface area (Å²) in [7, 11) is 1.79. The van der Waals surface area contributed by atoms with E-state index >= 15 is 0 Å². The van der Waals surface area contributed by atoms with Crippen LogP contribution in [0.15, 0.2) is 0 Å². The first-order valence-electron chi connectivity index (χ1n) is 4.43. The summed E-state index contributed by atoms with van der Waals surface area (Å²) in [5.74, 6) is 0. The Morgan fingerprint density at radius 3 is 2.31 bits per heavy atom.